The van der Waals surface area contributed by atoms with Crippen LogP contribution in [0.5, 0.6) is 11.5 Å². The van der Waals surface area contributed by atoms with E-state index >= 15 is 0 Å². The second kappa shape index (κ2) is 5.22. The minimum Gasteiger partial charge on any atom is -0.457 e. The molecular weight excluding hydrogens is 243 g/mol. The predicted octanol–water partition coefficient (Wildman–Crippen LogP) is 4.50. The van der Waals surface area contributed by atoms with Crippen molar-refractivity contribution in [1.29, 1.82) is 0 Å². The molecule has 2 rings (SSSR count). The maximum absolute atomic E-state index is 13.9. The molecule has 0 spiro atoms. The summed E-state index contributed by atoms with van der Waals surface area (Å²) in [5, 5.41) is 0. The van der Waals surface area contributed by atoms with Crippen LogP contribution < -0.4 is 4.74 Å². The highest BCUT2D eigenvalue weighted by molar-refractivity contribution is 5.75. The minimum atomic E-state index is -1.41. The Morgan fingerprint density at radius 2 is 1.68 bits per heavy atom. The van der Waals surface area contributed by atoms with Crippen LogP contribution in [0.15, 0.2) is 48.5 Å². The summed E-state index contributed by atoms with van der Waals surface area (Å²) >= 11 is 0. The Balaban J connectivity index is 2.25. The number of carbonyl (C=O) groups excluding carboxylic acids is 1. The van der Waals surface area contributed by atoms with Gasteiger partial charge in [0.15, 0.2) is 0 Å². The molecule has 98 valence electrons. The number of hydrogen-bond acceptors (Lipinski definition) is 2. The first-order valence-corrected chi connectivity index (χ1v) is 6.01. The minimum absolute atomic E-state index is 0.541. The van der Waals surface area contributed by atoms with Gasteiger partial charge in [0.1, 0.15) is 23.5 Å². The molecule has 0 aliphatic rings. The van der Waals surface area contributed by atoms with Gasteiger partial charge in [-0.2, -0.15) is 0 Å². The van der Waals surface area contributed by atoms with E-state index in [0.29, 0.717) is 22.6 Å². The van der Waals surface area contributed by atoms with Gasteiger partial charge < -0.3 is 4.74 Å². The van der Waals surface area contributed by atoms with Crippen molar-refractivity contribution in [1.82, 2.24) is 0 Å². The third-order valence-electron chi connectivity index (χ3n) is 2.75. The van der Waals surface area contributed by atoms with E-state index in [-0.39, 0.29) is 0 Å². The number of aldehydes is 1. The van der Waals surface area contributed by atoms with E-state index in [2.05, 4.69) is 0 Å². The van der Waals surface area contributed by atoms with Gasteiger partial charge in [0.2, 0.25) is 0 Å². The summed E-state index contributed by atoms with van der Waals surface area (Å²) < 4.78 is 19.5. The van der Waals surface area contributed by atoms with Crippen LogP contribution in [0, 0.1) is 0 Å². The average molecular weight is 258 g/mol. The molecule has 2 aromatic carbocycles. The summed E-state index contributed by atoms with van der Waals surface area (Å²) in [5.74, 6) is 1.10. The lowest BCUT2D eigenvalue weighted by Crippen LogP contribution is -2.08. The van der Waals surface area contributed by atoms with E-state index in [0.717, 1.165) is 6.29 Å². The van der Waals surface area contributed by atoms with Crippen molar-refractivity contribution in [3.8, 4) is 11.5 Å². The molecular formula is C16H15FO2. The molecule has 0 aliphatic heterocycles. The molecule has 0 N–H and O–H groups in total. The van der Waals surface area contributed by atoms with E-state index in [1.165, 1.54) is 13.8 Å². The number of rotatable bonds is 4. The van der Waals surface area contributed by atoms with Crippen molar-refractivity contribution in [2.45, 2.75) is 19.5 Å². The molecule has 0 aromatic heterocycles. The number of ether oxygens (including phenoxy) is 1. The Labute approximate surface area is 111 Å². The van der Waals surface area contributed by atoms with Gasteiger partial charge in [0, 0.05) is 5.56 Å². The fourth-order valence-electron chi connectivity index (χ4n) is 1.72. The third-order valence-corrected chi connectivity index (χ3v) is 2.75. The Morgan fingerprint density at radius 1 is 1.05 bits per heavy atom. The predicted molar refractivity (Wildman–Crippen MR) is 72.5 cm³/mol. The van der Waals surface area contributed by atoms with E-state index in [4.69, 9.17) is 4.74 Å². The summed E-state index contributed by atoms with van der Waals surface area (Å²) in [5.41, 5.74) is -0.319. The molecule has 0 atom stereocenters. The molecule has 0 saturated carbocycles. The van der Waals surface area contributed by atoms with Crippen molar-refractivity contribution in [3.63, 3.8) is 0 Å². The van der Waals surface area contributed by atoms with Crippen molar-refractivity contribution in [2.24, 2.45) is 0 Å². The SMILES string of the molecule is CC(C)(F)c1cccc(Oc2cccc(C=O)c2)c1. The van der Waals surface area contributed by atoms with E-state index in [1.54, 1.807) is 48.5 Å². The smallest absolute Gasteiger partial charge is 0.150 e. The van der Waals surface area contributed by atoms with Gasteiger partial charge in [-0.3, -0.25) is 4.79 Å². The van der Waals surface area contributed by atoms with Gasteiger partial charge in [-0.1, -0.05) is 24.3 Å². The molecule has 2 aromatic rings. The number of alkyl halides is 1. The first-order valence-electron chi connectivity index (χ1n) is 6.01. The zero-order valence-electron chi connectivity index (χ0n) is 10.9. The lowest BCUT2D eigenvalue weighted by molar-refractivity contribution is 0.112. The summed E-state index contributed by atoms with van der Waals surface area (Å²) in [6, 6.07) is 13.7. The average Bonchev–Trinajstić information content (AvgIpc) is 2.38. The van der Waals surface area contributed by atoms with Crippen molar-refractivity contribution < 1.29 is 13.9 Å². The van der Waals surface area contributed by atoms with Crippen LogP contribution >= 0.6 is 0 Å². The van der Waals surface area contributed by atoms with Crippen LogP contribution in [0.4, 0.5) is 4.39 Å². The van der Waals surface area contributed by atoms with E-state index in [1.807, 2.05) is 0 Å². The van der Waals surface area contributed by atoms with Gasteiger partial charge >= 0.3 is 0 Å². The normalized spacial score (nSPS) is 11.1. The molecule has 0 radical (unpaired) electrons. The quantitative estimate of drug-likeness (QED) is 0.755. The molecule has 2 nitrogen and oxygen atoms in total. The molecule has 0 heterocycles. The van der Waals surface area contributed by atoms with Crippen LogP contribution in [0.2, 0.25) is 0 Å². The Morgan fingerprint density at radius 3 is 2.32 bits per heavy atom. The molecule has 0 aliphatic carbocycles. The molecule has 0 unspecified atom stereocenters. The summed E-state index contributed by atoms with van der Waals surface area (Å²) in [6.45, 7) is 3.00. The summed E-state index contributed by atoms with van der Waals surface area (Å²) in [4.78, 5) is 10.7. The van der Waals surface area contributed by atoms with E-state index < -0.39 is 5.67 Å². The maximum Gasteiger partial charge on any atom is 0.150 e. The fraction of sp³-hybridized carbons (Fsp3) is 0.188. The Kier molecular flexibility index (Phi) is 3.65. The topological polar surface area (TPSA) is 26.3 Å². The summed E-state index contributed by atoms with van der Waals surface area (Å²) in [6.07, 6.45) is 0.758. The zero-order chi connectivity index (χ0) is 13.9. The molecule has 3 heteroatoms. The maximum atomic E-state index is 13.9. The lowest BCUT2D eigenvalue weighted by atomic mass is 10.0. The second-order valence-corrected chi connectivity index (χ2v) is 4.79. The third kappa shape index (κ3) is 3.41. The first-order chi connectivity index (χ1) is 8.99. The van der Waals surface area contributed by atoms with Crippen LogP contribution in [-0.4, -0.2) is 6.29 Å². The molecule has 0 amide bonds. The van der Waals surface area contributed by atoms with Gasteiger partial charge in [0.25, 0.3) is 0 Å². The highest BCUT2D eigenvalue weighted by Crippen LogP contribution is 2.29. The van der Waals surface area contributed by atoms with Gasteiger partial charge in [-0.25, -0.2) is 4.39 Å². The van der Waals surface area contributed by atoms with Gasteiger partial charge in [-0.15, -0.1) is 0 Å². The highest BCUT2D eigenvalue weighted by atomic mass is 19.1. The molecule has 19 heavy (non-hydrogen) atoms. The van der Waals surface area contributed by atoms with Crippen LogP contribution in [0.1, 0.15) is 29.8 Å². The zero-order valence-corrected chi connectivity index (χ0v) is 10.9. The Hall–Kier alpha value is -2.16. The summed E-state index contributed by atoms with van der Waals surface area (Å²) in [7, 11) is 0. The fourth-order valence-corrected chi connectivity index (χ4v) is 1.72. The number of hydrogen-bond donors (Lipinski definition) is 0. The van der Waals surface area contributed by atoms with Crippen LogP contribution in [-0.2, 0) is 5.67 Å². The molecule has 0 saturated heterocycles. The first kappa shape index (κ1) is 13.3. The Bertz CT molecular complexity index is 585. The second-order valence-electron chi connectivity index (χ2n) is 4.79. The van der Waals surface area contributed by atoms with Crippen molar-refractivity contribution >= 4 is 6.29 Å². The van der Waals surface area contributed by atoms with Crippen LogP contribution in [0.3, 0.4) is 0 Å². The molecule has 0 fully saturated rings. The lowest BCUT2D eigenvalue weighted by Gasteiger charge is -2.15. The standard InChI is InChI=1S/C16H15FO2/c1-16(2,17)13-6-4-8-15(10-13)19-14-7-3-5-12(9-14)11-18/h3-11H,1-2H3. The largest absolute Gasteiger partial charge is 0.457 e. The van der Waals surface area contributed by atoms with Crippen LogP contribution in [0.25, 0.3) is 0 Å². The highest BCUT2D eigenvalue weighted by Gasteiger charge is 2.18. The number of carbonyl (C=O) groups is 1. The van der Waals surface area contributed by atoms with Crippen molar-refractivity contribution in [2.75, 3.05) is 0 Å². The number of halogens is 1. The number of benzene rings is 2. The van der Waals surface area contributed by atoms with Gasteiger partial charge in [-0.05, 0) is 43.7 Å². The van der Waals surface area contributed by atoms with Crippen molar-refractivity contribution in [3.05, 3.63) is 59.7 Å². The molecule has 0 bridgehead atoms. The van der Waals surface area contributed by atoms with E-state index in [9.17, 15) is 9.18 Å². The monoisotopic (exact) mass is 258 g/mol. The van der Waals surface area contributed by atoms with Gasteiger partial charge in [0.05, 0.1) is 0 Å².